The Morgan fingerprint density at radius 1 is 1.19 bits per heavy atom. The molecule has 2 amide bonds. The lowest BCUT2D eigenvalue weighted by atomic mass is 10.2. The summed E-state index contributed by atoms with van der Waals surface area (Å²) in [7, 11) is 0. The fraction of sp³-hybridized carbons (Fsp3) is 0.450. The van der Waals surface area contributed by atoms with Crippen LogP contribution in [0.3, 0.4) is 0 Å². The first-order chi connectivity index (χ1) is 13.1. The third-order valence-corrected chi connectivity index (χ3v) is 3.83. The van der Waals surface area contributed by atoms with Crippen molar-refractivity contribution >= 4 is 11.8 Å². The number of amides is 2. The molecule has 0 unspecified atom stereocenters. The lowest BCUT2D eigenvalue weighted by Gasteiger charge is -2.20. The predicted octanol–water partition coefficient (Wildman–Crippen LogP) is 2.77. The van der Waals surface area contributed by atoms with Gasteiger partial charge in [-0.25, -0.2) is 4.98 Å². The van der Waals surface area contributed by atoms with Crippen LogP contribution in [0.4, 0.5) is 0 Å². The number of carbonyl (C=O) groups is 2. The highest BCUT2D eigenvalue weighted by molar-refractivity contribution is 5.91. The number of hydrogen-bond acceptors (Lipinski definition) is 5. The third kappa shape index (κ3) is 6.86. The second-order valence-corrected chi connectivity index (χ2v) is 6.18. The molecule has 0 bridgehead atoms. The summed E-state index contributed by atoms with van der Waals surface area (Å²) in [5.74, 6) is -0.0733. The van der Waals surface area contributed by atoms with Gasteiger partial charge in [-0.3, -0.25) is 9.59 Å². The first kappa shape index (κ1) is 20.6. The predicted molar refractivity (Wildman–Crippen MR) is 101 cm³/mol. The largest absolute Gasteiger partial charge is 0.446 e. The Morgan fingerprint density at radius 2 is 1.96 bits per heavy atom. The van der Waals surface area contributed by atoms with Gasteiger partial charge < -0.3 is 19.4 Å². The lowest BCUT2D eigenvalue weighted by Crippen LogP contribution is -2.34. The maximum atomic E-state index is 12.5. The fourth-order valence-corrected chi connectivity index (χ4v) is 2.46. The van der Waals surface area contributed by atoms with Crippen molar-refractivity contribution in [1.82, 2.24) is 15.2 Å². The molecular formula is C20H27N3O4. The van der Waals surface area contributed by atoms with Crippen molar-refractivity contribution in [2.24, 2.45) is 0 Å². The summed E-state index contributed by atoms with van der Waals surface area (Å²) in [6.07, 6.45) is 2.97. The second-order valence-electron chi connectivity index (χ2n) is 6.18. The topological polar surface area (TPSA) is 84.7 Å². The van der Waals surface area contributed by atoms with E-state index in [1.165, 1.54) is 6.26 Å². The van der Waals surface area contributed by atoms with Gasteiger partial charge in [-0.1, -0.05) is 44.2 Å². The number of hydrogen-bond donors (Lipinski definition) is 1. The van der Waals surface area contributed by atoms with Gasteiger partial charge in [0.15, 0.2) is 5.69 Å². The van der Waals surface area contributed by atoms with Crippen LogP contribution < -0.4 is 5.32 Å². The number of nitrogens with one attached hydrogen (secondary N) is 1. The molecule has 1 heterocycles. The van der Waals surface area contributed by atoms with E-state index in [9.17, 15) is 9.59 Å². The average molecular weight is 373 g/mol. The smallest absolute Gasteiger partial charge is 0.273 e. The molecule has 1 N–H and O–H groups in total. The highest BCUT2D eigenvalue weighted by Gasteiger charge is 2.18. The van der Waals surface area contributed by atoms with Crippen LogP contribution >= 0.6 is 0 Å². The number of aromatic nitrogens is 1. The van der Waals surface area contributed by atoms with E-state index in [0.717, 1.165) is 18.4 Å². The molecule has 0 spiro atoms. The van der Waals surface area contributed by atoms with Crippen molar-refractivity contribution in [3.63, 3.8) is 0 Å². The van der Waals surface area contributed by atoms with Crippen LogP contribution in [-0.2, 0) is 22.7 Å². The van der Waals surface area contributed by atoms with E-state index < -0.39 is 0 Å². The second kappa shape index (κ2) is 11.1. The van der Waals surface area contributed by atoms with Crippen molar-refractivity contribution < 1.29 is 18.7 Å². The molecule has 0 atom stereocenters. The van der Waals surface area contributed by atoms with Gasteiger partial charge in [0.25, 0.3) is 5.91 Å². The summed E-state index contributed by atoms with van der Waals surface area (Å²) in [6.45, 7) is 5.69. The lowest BCUT2D eigenvalue weighted by molar-refractivity contribution is -0.137. The molecule has 146 valence electrons. The SMILES string of the molecule is CCCNC(=O)c1coc(CN(CCC)C(=O)COCc2ccccc2)n1. The van der Waals surface area contributed by atoms with Gasteiger partial charge in [-0.15, -0.1) is 0 Å². The standard InChI is InChI=1S/C20H27N3O4/c1-3-10-21-20(25)17-14-27-18(22-17)12-23(11-4-2)19(24)15-26-13-16-8-6-5-7-9-16/h5-9,14H,3-4,10-13,15H2,1-2H3,(H,21,25). The molecule has 0 aliphatic rings. The van der Waals surface area contributed by atoms with Crippen LogP contribution in [0.1, 0.15) is 48.6 Å². The number of benzene rings is 1. The van der Waals surface area contributed by atoms with Gasteiger partial charge in [-0.2, -0.15) is 0 Å². The monoisotopic (exact) mass is 373 g/mol. The zero-order chi connectivity index (χ0) is 19.5. The Balaban J connectivity index is 1.87. The minimum atomic E-state index is -0.272. The van der Waals surface area contributed by atoms with Gasteiger partial charge in [0.2, 0.25) is 11.8 Å². The van der Waals surface area contributed by atoms with Gasteiger partial charge >= 0.3 is 0 Å². The van der Waals surface area contributed by atoms with E-state index in [0.29, 0.717) is 25.6 Å². The number of rotatable bonds is 11. The highest BCUT2D eigenvalue weighted by Crippen LogP contribution is 2.08. The van der Waals surface area contributed by atoms with Crippen molar-refractivity contribution in [2.75, 3.05) is 19.7 Å². The maximum absolute atomic E-state index is 12.5. The van der Waals surface area contributed by atoms with Gasteiger partial charge in [0.1, 0.15) is 12.9 Å². The Hall–Kier alpha value is -2.67. The molecule has 0 aliphatic carbocycles. The van der Waals surface area contributed by atoms with Crippen LogP contribution in [0.2, 0.25) is 0 Å². The Bertz CT molecular complexity index is 715. The Kier molecular flexibility index (Phi) is 8.51. The van der Waals surface area contributed by atoms with Crippen LogP contribution in [-0.4, -0.2) is 41.4 Å². The summed E-state index contributed by atoms with van der Waals surface area (Å²) in [4.78, 5) is 30.2. The molecule has 0 saturated carbocycles. The molecule has 0 saturated heterocycles. The molecule has 27 heavy (non-hydrogen) atoms. The molecule has 1 aromatic heterocycles. The zero-order valence-corrected chi connectivity index (χ0v) is 15.9. The first-order valence-corrected chi connectivity index (χ1v) is 9.26. The molecule has 7 heteroatoms. The number of oxazole rings is 1. The Morgan fingerprint density at radius 3 is 2.67 bits per heavy atom. The van der Waals surface area contributed by atoms with E-state index >= 15 is 0 Å². The normalized spacial score (nSPS) is 10.6. The summed E-state index contributed by atoms with van der Waals surface area (Å²) < 4.78 is 10.9. The molecule has 1 aromatic carbocycles. The molecule has 0 fully saturated rings. The van der Waals surface area contributed by atoms with Crippen LogP contribution in [0.15, 0.2) is 41.0 Å². The van der Waals surface area contributed by atoms with Gasteiger partial charge in [-0.05, 0) is 18.4 Å². The maximum Gasteiger partial charge on any atom is 0.273 e. The minimum Gasteiger partial charge on any atom is -0.446 e. The molecule has 2 aromatic rings. The minimum absolute atomic E-state index is 0.0144. The van der Waals surface area contributed by atoms with Gasteiger partial charge in [0, 0.05) is 13.1 Å². The van der Waals surface area contributed by atoms with E-state index in [4.69, 9.17) is 9.15 Å². The van der Waals surface area contributed by atoms with Gasteiger partial charge in [0.05, 0.1) is 13.2 Å². The fourth-order valence-electron chi connectivity index (χ4n) is 2.46. The molecule has 0 radical (unpaired) electrons. The highest BCUT2D eigenvalue weighted by atomic mass is 16.5. The van der Waals surface area contributed by atoms with E-state index in [1.807, 2.05) is 44.2 Å². The number of ether oxygens (including phenoxy) is 1. The van der Waals surface area contributed by atoms with Crippen LogP contribution in [0.5, 0.6) is 0 Å². The zero-order valence-electron chi connectivity index (χ0n) is 15.9. The van der Waals surface area contributed by atoms with Crippen molar-refractivity contribution in [2.45, 2.75) is 39.8 Å². The quantitative estimate of drug-likeness (QED) is 0.655. The molecule has 7 nitrogen and oxygen atoms in total. The van der Waals surface area contributed by atoms with Crippen molar-refractivity contribution in [3.05, 3.63) is 53.7 Å². The van der Waals surface area contributed by atoms with Crippen molar-refractivity contribution in [1.29, 1.82) is 0 Å². The van der Waals surface area contributed by atoms with Crippen LogP contribution in [0.25, 0.3) is 0 Å². The summed E-state index contributed by atoms with van der Waals surface area (Å²) in [5.41, 5.74) is 1.24. The summed E-state index contributed by atoms with van der Waals surface area (Å²) in [5, 5.41) is 2.74. The molecule has 2 rings (SSSR count). The Labute approximate surface area is 159 Å². The first-order valence-electron chi connectivity index (χ1n) is 9.26. The average Bonchev–Trinajstić information content (AvgIpc) is 3.15. The molecular weight excluding hydrogens is 346 g/mol. The summed E-state index contributed by atoms with van der Waals surface area (Å²) in [6, 6.07) is 9.70. The van der Waals surface area contributed by atoms with Crippen molar-refractivity contribution in [3.8, 4) is 0 Å². The third-order valence-electron chi connectivity index (χ3n) is 3.83. The number of carbonyl (C=O) groups excluding carboxylic acids is 2. The van der Waals surface area contributed by atoms with Crippen LogP contribution in [0, 0.1) is 0 Å². The van der Waals surface area contributed by atoms with E-state index in [2.05, 4.69) is 10.3 Å². The summed E-state index contributed by atoms with van der Waals surface area (Å²) >= 11 is 0. The van der Waals surface area contributed by atoms with E-state index in [1.54, 1.807) is 4.90 Å². The van der Waals surface area contributed by atoms with E-state index in [-0.39, 0.29) is 30.7 Å². The molecule has 0 aliphatic heterocycles. The number of nitrogens with zero attached hydrogens (tertiary/aromatic N) is 2.